The van der Waals surface area contributed by atoms with Crippen molar-refractivity contribution in [2.24, 2.45) is 5.92 Å². The second kappa shape index (κ2) is 7.42. The summed E-state index contributed by atoms with van der Waals surface area (Å²) in [7, 11) is 0. The molecule has 7 heteroatoms. The Labute approximate surface area is 156 Å². The number of carbonyl (C=O) groups excluding carboxylic acids is 1. The van der Waals surface area contributed by atoms with E-state index in [1.807, 2.05) is 17.9 Å². The van der Waals surface area contributed by atoms with Gasteiger partial charge in [0.1, 0.15) is 10.7 Å². The van der Waals surface area contributed by atoms with Gasteiger partial charge in [-0.2, -0.15) is 0 Å². The van der Waals surface area contributed by atoms with E-state index in [9.17, 15) is 9.18 Å². The molecular formula is C19H23FN4OS. The molecule has 2 fully saturated rings. The minimum absolute atomic E-state index is 0.0910. The average molecular weight is 374 g/mol. The average Bonchev–Trinajstić information content (AvgIpc) is 3.30. The zero-order valence-corrected chi connectivity index (χ0v) is 15.6. The molecule has 0 radical (unpaired) electrons. The Kier molecular flexibility index (Phi) is 5.02. The fourth-order valence-corrected chi connectivity index (χ4v) is 4.85. The van der Waals surface area contributed by atoms with Crippen molar-refractivity contribution in [3.63, 3.8) is 0 Å². The van der Waals surface area contributed by atoms with Gasteiger partial charge in [0, 0.05) is 31.6 Å². The molecule has 0 spiro atoms. The number of aryl methyl sites for hydroxylation is 1. The lowest BCUT2D eigenvalue weighted by Gasteiger charge is -2.36. The molecular weight excluding hydrogens is 351 g/mol. The van der Waals surface area contributed by atoms with Gasteiger partial charge in [-0.05, 0) is 43.4 Å². The topological polar surface area (TPSA) is 57.3 Å². The van der Waals surface area contributed by atoms with Crippen molar-refractivity contribution in [2.75, 3.05) is 19.6 Å². The van der Waals surface area contributed by atoms with Gasteiger partial charge in [0.2, 0.25) is 0 Å². The summed E-state index contributed by atoms with van der Waals surface area (Å²) in [5.74, 6) is 0.620. The summed E-state index contributed by atoms with van der Waals surface area (Å²) in [6.45, 7) is 4.23. The summed E-state index contributed by atoms with van der Waals surface area (Å²) >= 11 is 1.45. The minimum atomic E-state index is -0.187. The number of nitrogens with zero attached hydrogens (tertiary/aromatic N) is 2. The molecule has 3 heterocycles. The third-order valence-electron chi connectivity index (χ3n) is 5.47. The lowest BCUT2D eigenvalue weighted by molar-refractivity contribution is 0.0674. The molecule has 5 nitrogen and oxygen atoms in total. The van der Waals surface area contributed by atoms with Crippen LogP contribution in [0.25, 0.3) is 0 Å². The number of piperidine rings is 1. The molecule has 2 aliphatic heterocycles. The number of amides is 1. The maximum Gasteiger partial charge on any atom is 0.265 e. The van der Waals surface area contributed by atoms with Crippen LogP contribution in [0.15, 0.2) is 30.5 Å². The van der Waals surface area contributed by atoms with Crippen molar-refractivity contribution < 1.29 is 9.18 Å². The van der Waals surface area contributed by atoms with Crippen molar-refractivity contribution in [1.82, 2.24) is 20.7 Å². The summed E-state index contributed by atoms with van der Waals surface area (Å²) in [6.07, 6.45) is 3.58. The lowest BCUT2D eigenvalue weighted by Crippen LogP contribution is -2.45. The largest absolute Gasteiger partial charge is 0.338 e. The van der Waals surface area contributed by atoms with Gasteiger partial charge < -0.3 is 4.90 Å². The quantitative estimate of drug-likeness (QED) is 0.867. The molecule has 0 bridgehead atoms. The van der Waals surface area contributed by atoms with E-state index in [0.717, 1.165) is 47.9 Å². The molecule has 2 atom stereocenters. The van der Waals surface area contributed by atoms with Crippen LogP contribution in [0.2, 0.25) is 0 Å². The number of carbonyl (C=O) groups is 1. The SMILES string of the molecule is Cc1ncc(C(=O)N2CCC(C3NNCC3c3cccc(F)c3)CC2)s1. The highest BCUT2D eigenvalue weighted by Crippen LogP contribution is 2.33. The normalized spacial score (nSPS) is 24.2. The van der Waals surface area contributed by atoms with Crippen LogP contribution in [0.3, 0.4) is 0 Å². The lowest BCUT2D eigenvalue weighted by atomic mass is 9.80. The summed E-state index contributed by atoms with van der Waals surface area (Å²) < 4.78 is 13.6. The molecule has 2 N–H and O–H groups in total. The summed E-state index contributed by atoms with van der Waals surface area (Å²) in [6, 6.07) is 7.16. The third kappa shape index (κ3) is 3.51. The zero-order chi connectivity index (χ0) is 18.1. The van der Waals surface area contributed by atoms with E-state index in [1.165, 1.54) is 17.4 Å². The van der Waals surface area contributed by atoms with E-state index in [2.05, 4.69) is 15.8 Å². The predicted molar refractivity (Wildman–Crippen MR) is 99.5 cm³/mol. The van der Waals surface area contributed by atoms with Gasteiger partial charge >= 0.3 is 0 Å². The number of likely N-dealkylation sites (tertiary alicyclic amines) is 1. The van der Waals surface area contributed by atoms with Gasteiger partial charge in [0.25, 0.3) is 5.91 Å². The molecule has 1 amide bonds. The summed E-state index contributed by atoms with van der Waals surface area (Å²) in [5, 5.41) is 0.919. The number of rotatable bonds is 3. The van der Waals surface area contributed by atoms with E-state index in [1.54, 1.807) is 18.3 Å². The standard InChI is InChI=1S/C19H23FN4OS/c1-12-21-11-17(26-12)19(25)24-7-5-13(6-8-24)18-16(10-22-23-18)14-3-2-4-15(20)9-14/h2-4,9,11,13,16,18,22-23H,5-8,10H2,1H3. The van der Waals surface area contributed by atoms with Crippen LogP contribution in [0.4, 0.5) is 4.39 Å². The molecule has 0 aliphatic carbocycles. The van der Waals surface area contributed by atoms with E-state index in [-0.39, 0.29) is 23.7 Å². The summed E-state index contributed by atoms with van der Waals surface area (Å²) in [5.41, 5.74) is 7.66. The smallest absolute Gasteiger partial charge is 0.265 e. The molecule has 1 aromatic heterocycles. The first kappa shape index (κ1) is 17.6. The molecule has 26 heavy (non-hydrogen) atoms. The molecule has 2 aliphatic rings. The second-order valence-electron chi connectivity index (χ2n) is 7.09. The third-order valence-corrected chi connectivity index (χ3v) is 6.37. The Bertz CT molecular complexity index is 787. The maximum atomic E-state index is 13.6. The Balaban J connectivity index is 1.40. The first-order chi connectivity index (χ1) is 12.6. The van der Waals surface area contributed by atoms with E-state index >= 15 is 0 Å². The number of aromatic nitrogens is 1. The van der Waals surface area contributed by atoms with Crippen molar-refractivity contribution in [3.05, 3.63) is 51.7 Å². The Morgan fingerprint density at radius 1 is 1.35 bits per heavy atom. The number of nitrogens with one attached hydrogen (secondary N) is 2. The zero-order valence-electron chi connectivity index (χ0n) is 14.7. The molecule has 0 saturated carbocycles. The molecule has 2 unspecified atom stereocenters. The first-order valence-electron chi connectivity index (χ1n) is 9.07. The molecule has 4 rings (SSSR count). The number of halogens is 1. The van der Waals surface area contributed by atoms with Gasteiger partial charge in [-0.3, -0.25) is 15.6 Å². The molecule has 138 valence electrons. The summed E-state index contributed by atoms with van der Waals surface area (Å²) in [4.78, 5) is 19.4. The van der Waals surface area contributed by atoms with E-state index < -0.39 is 0 Å². The van der Waals surface area contributed by atoms with Crippen LogP contribution in [0, 0.1) is 18.7 Å². The molecule has 1 aromatic carbocycles. The van der Waals surface area contributed by atoms with Gasteiger partial charge in [0.15, 0.2) is 0 Å². The molecule has 2 aromatic rings. The number of benzene rings is 1. The van der Waals surface area contributed by atoms with Crippen molar-refractivity contribution in [2.45, 2.75) is 31.7 Å². The Hall–Kier alpha value is -1.83. The fourth-order valence-electron chi connectivity index (χ4n) is 4.10. The Morgan fingerprint density at radius 3 is 2.85 bits per heavy atom. The maximum absolute atomic E-state index is 13.6. The van der Waals surface area contributed by atoms with Crippen LogP contribution in [0.5, 0.6) is 0 Å². The van der Waals surface area contributed by atoms with Crippen LogP contribution < -0.4 is 10.9 Å². The van der Waals surface area contributed by atoms with Crippen molar-refractivity contribution >= 4 is 17.2 Å². The fraction of sp³-hybridized carbons (Fsp3) is 0.474. The predicted octanol–water partition coefficient (Wildman–Crippen LogP) is 2.70. The van der Waals surface area contributed by atoms with Gasteiger partial charge in [0.05, 0.1) is 11.2 Å². The minimum Gasteiger partial charge on any atom is -0.338 e. The van der Waals surface area contributed by atoms with Gasteiger partial charge in [-0.1, -0.05) is 12.1 Å². The van der Waals surface area contributed by atoms with Crippen LogP contribution in [0.1, 0.15) is 39.0 Å². The second-order valence-corrected chi connectivity index (χ2v) is 8.32. The van der Waals surface area contributed by atoms with Gasteiger partial charge in [-0.15, -0.1) is 11.3 Å². The van der Waals surface area contributed by atoms with Crippen molar-refractivity contribution in [1.29, 1.82) is 0 Å². The van der Waals surface area contributed by atoms with Crippen LogP contribution in [-0.4, -0.2) is 41.5 Å². The molecule has 2 saturated heterocycles. The highest BCUT2D eigenvalue weighted by atomic mass is 32.1. The number of hydrazine groups is 1. The van der Waals surface area contributed by atoms with E-state index in [0.29, 0.717) is 5.92 Å². The number of hydrogen-bond acceptors (Lipinski definition) is 5. The monoisotopic (exact) mass is 374 g/mol. The highest BCUT2D eigenvalue weighted by Gasteiger charge is 2.37. The van der Waals surface area contributed by atoms with Gasteiger partial charge in [-0.25, -0.2) is 9.37 Å². The van der Waals surface area contributed by atoms with Crippen LogP contribution >= 0.6 is 11.3 Å². The van der Waals surface area contributed by atoms with Crippen molar-refractivity contribution in [3.8, 4) is 0 Å². The van der Waals surface area contributed by atoms with E-state index in [4.69, 9.17) is 0 Å². The van der Waals surface area contributed by atoms with Crippen LogP contribution in [-0.2, 0) is 0 Å². The first-order valence-corrected chi connectivity index (χ1v) is 9.89. The number of thiazole rings is 1. The Morgan fingerprint density at radius 2 is 2.15 bits per heavy atom. The highest BCUT2D eigenvalue weighted by molar-refractivity contribution is 7.13. The number of hydrogen-bond donors (Lipinski definition) is 2.